The van der Waals surface area contributed by atoms with E-state index in [4.69, 9.17) is 0 Å². The Morgan fingerprint density at radius 1 is 1.21 bits per heavy atom. The summed E-state index contributed by atoms with van der Waals surface area (Å²) in [5.41, 5.74) is 0.265. The van der Waals surface area contributed by atoms with Gasteiger partial charge in [-0.2, -0.15) is 0 Å². The minimum absolute atomic E-state index is 0.531. The van der Waals surface area contributed by atoms with E-state index in [2.05, 4.69) is 22.4 Å². The van der Waals surface area contributed by atoms with Gasteiger partial charge in [0.25, 0.3) is 0 Å². The number of pyridine rings is 1. The molecular weight excluding hydrogens is 236 g/mol. The third-order valence-electron chi connectivity index (χ3n) is 4.39. The third-order valence-corrected chi connectivity index (χ3v) is 4.39. The molecule has 0 radical (unpaired) electrons. The Bertz CT molecular complexity index is 568. The van der Waals surface area contributed by atoms with Crippen LogP contribution in [-0.4, -0.2) is 23.2 Å². The first-order chi connectivity index (χ1) is 9.23. The van der Waals surface area contributed by atoms with E-state index in [1.165, 1.54) is 0 Å². The van der Waals surface area contributed by atoms with Gasteiger partial charge in [-0.25, -0.2) is 0 Å². The molecule has 0 atom stereocenters. The fourth-order valence-corrected chi connectivity index (χ4v) is 3.14. The van der Waals surface area contributed by atoms with Crippen LogP contribution in [0.15, 0.2) is 36.7 Å². The van der Waals surface area contributed by atoms with Gasteiger partial charge in [0.2, 0.25) is 0 Å². The number of nitrogens with zero attached hydrogens (tertiary/aromatic N) is 1. The van der Waals surface area contributed by atoms with E-state index >= 15 is 0 Å². The summed E-state index contributed by atoms with van der Waals surface area (Å²) >= 11 is 0. The Morgan fingerprint density at radius 2 is 1.95 bits per heavy atom. The maximum absolute atomic E-state index is 11.0. The average molecular weight is 256 g/mol. The lowest BCUT2D eigenvalue weighted by molar-refractivity contribution is -0.00655. The van der Waals surface area contributed by atoms with Gasteiger partial charge in [-0.05, 0) is 38.1 Å². The third kappa shape index (κ3) is 2.24. The van der Waals surface area contributed by atoms with E-state index in [1.807, 2.05) is 31.6 Å². The molecule has 1 aliphatic rings. The van der Waals surface area contributed by atoms with E-state index in [9.17, 15) is 5.11 Å². The first-order valence-corrected chi connectivity index (χ1v) is 6.96. The topological polar surface area (TPSA) is 45.1 Å². The molecule has 1 heterocycles. The molecule has 0 saturated heterocycles. The van der Waals surface area contributed by atoms with Crippen molar-refractivity contribution in [3.63, 3.8) is 0 Å². The van der Waals surface area contributed by atoms with E-state index in [0.717, 1.165) is 42.0 Å². The molecule has 1 aromatic heterocycles. The predicted octanol–water partition coefficient (Wildman–Crippen LogP) is 2.58. The van der Waals surface area contributed by atoms with Gasteiger partial charge in [-0.3, -0.25) is 4.98 Å². The zero-order chi connectivity index (χ0) is 13.3. The number of hydrogen-bond acceptors (Lipinski definition) is 3. The van der Waals surface area contributed by atoms with Crippen LogP contribution >= 0.6 is 0 Å². The van der Waals surface area contributed by atoms with Crippen molar-refractivity contribution in [1.29, 1.82) is 0 Å². The highest BCUT2D eigenvalue weighted by atomic mass is 16.3. The van der Waals surface area contributed by atoms with Crippen molar-refractivity contribution in [1.82, 2.24) is 10.3 Å². The molecule has 0 spiro atoms. The Hall–Kier alpha value is -1.45. The second-order valence-corrected chi connectivity index (χ2v) is 5.50. The van der Waals surface area contributed by atoms with Crippen LogP contribution in [0.1, 0.15) is 31.2 Å². The van der Waals surface area contributed by atoms with Gasteiger partial charge in [-0.15, -0.1) is 0 Å². The van der Waals surface area contributed by atoms with Crippen LogP contribution in [0.2, 0.25) is 0 Å². The smallest absolute Gasteiger partial charge is 0.0918 e. The highest BCUT2D eigenvalue weighted by molar-refractivity contribution is 5.85. The van der Waals surface area contributed by atoms with Crippen molar-refractivity contribution in [2.75, 3.05) is 7.05 Å². The summed E-state index contributed by atoms with van der Waals surface area (Å²) in [4.78, 5) is 4.30. The molecule has 3 rings (SSSR count). The molecule has 2 N–H and O–H groups in total. The molecule has 3 nitrogen and oxygen atoms in total. The fourth-order valence-electron chi connectivity index (χ4n) is 3.14. The van der Waals surface area contributed by atoms with Gasteiger partial charge in [-0.1, -0.05) is 24.3 Å². The number of rotatable bonds is 2. The Morgan fingerprint density at radius 3 is 2.68 bits per heavy atom. The standard InChI is InChI=1S/C16H20N2O/c1-17-13-6-8-16(19,9-7-13)15-11-18-10-12-4-2-3-5-14(12)15/h2-5,10-11,13,17,19H,6-9H2,1H3. The number of fused-ring (bicyclic) bond motifs is 1. The predicted molar refractivity (Wildman–Crippen MR) is 77.0 cm³/mol. The lowest BCUT2D eigenvalue weighted by atomic mass is 9.77. The average Bonchev–Trinajstić information content (AvgIpc) is 2.47. The fraction of sp³-hybridized carbons (Fsp3) is 0.438. The van der Waals surface area contributed by atoms with Crippen LogP contribution in [0.25, 0.3) is 10.8 Å². The normalized spacial score (nSPS) is 27.6. The SMILES string of the molecule is CNC1CCC(O)(c2cncc3ccccc23)CC1. The quantitative estimate of drug-likeness (QED) is 0.868. The number of nitrogens with one attached hydrogen (secondary N) is 1. The van der Waals surface area contributed by atoms with Crippen molar-refractivity contribution in [3.05, 3.63) is 42.2 Å². The molecule has 3 heteroatoms. The second-order valence-electron chi connectivity index (χ2n) is 5.50. The van der Waals surface area contributed by atoms with Gasteiger partial charge < -0.3 is 10.4 Å². The van der Waals surface area contributed by atoms with Crippen LogP contribution in [0, 0.1) is 0 Å². The van der Waals surface area contributed by atoms with Crippen molar-refractivity contribution < 1.29 is 5.11 Å². The van der Waals surface area contributed by atoms with Crippen molar-refractivity contribution in [2.24, 2.45) is 0 Å². The first kappa shape index (κ1) is 12.6. The molecule has 1 fully saturated rings. The Labute approximate surface area is 113 Å². The monoisotopic (exact) mass is 256 g/mol. The highest BCUT2D eigenvalue weighted by Crippen LogP contribution is 2.39. The summed E-state index contributed by atoms with van der Waals surface area (Å²) in [6, 6.07) is 8.69. The summed E-state index contributed by atoms with van der Waals surface area (Å²) in [7, 11) is 1.99. The Kier molecular flexibility index (Phi) is 3.25. The molecule has 0 amide bonds. The molecule has 1 saturated carbocycles. The molecule has 1 aromatic carbocycles. The summed E-state index contributed by atoms with van der Waals surface area (Å²) in [5, 5.41) is 16.5. The van der Waals surface area contributed by atoms with Crippen LogP contribution in [-0.2, 0) is 5.60 Å². The van der Waals surface area contributed by atoms with Gasteiger partial charge >= 0.3 is 0 Å². The van der Waals surface area contributed by atoms with Gasteiger partial charge in [0.1, 0.15) is 0 Å². The number of benzene rings is 1. The van der Waals surface area contributed by atoms with Crippen LogP contribution in [0.5, 0.6) is 0 Å². The molecule has 0 bridgehead atoms. The van der Waals surface area contributed by atoms with Gasteiger partial charge in [0.15, 0.2) is 0 Å². The second kappa shape index (κ2) is 4.91. The molecule has 19 heavy (non-hydrogen) atoms. The number of aliphatic hydroxyl groups is 1. The van der Waals surface area contributed by atoms with Crippen molar-refractivity contribution in [2.45, 2.75) is 37.3 Å². The highest BCUT2D eigenvalue weighted by Gasteiger charge is 2.35. The summed E-state index contributed by atoms with van der Waals surface area (Å²) < 4.78 is 0. The first-order valence-electron chi connectivity index (χ1n) is 6.96. The lowest BCUT2D eigenvalue weighted by Gasteiger charge is -2.36. The minimum atomic E-state index is -0.721. The summed E-state index contributed by atoms with van der Waals surface area (Å²) in [6.45, 7) is 0. The van der Waals surface area contributed by atoms with Gasteiger partial charge in [0.05, 0.1) is 5.60 Å². The molecule has 1 aliphatic carbocycles. The van der Waals surface area contributed by atoms with Crippen LogP contribution in [0.4, 0.5) is 0 Å². The Balaban J connectivity index is 2.00. The van der Waals surface area contributed by atoms with E-state index < -0.39 is 5.60 Å². The van der Waals surface area contributed by atoms with Crippen molar-refractivity contribution >= 4 is 10.8 Å². The van der Waals surface area contributed by atoms with Gasteiger partial charge in [0, 0.05) is 29.4 Å². The molecule has 0 unspecified atom stereocenters. The number of hydrogen-bond donors (Lipinski definition) is 2. The van der Waals surface area contributed by atoms with E-state index in [0.29, 0.717) is 6.04 Å². The zero-order valence-corrected chi connectivity index (χ0v) is 11.3. The number of aromatic nitrogens is 1. The molecule has 100 valence electrons. The minimum Gasteiger partial charge on any atom is -0.385 e. The van der Waals surface area contributed by atoms with Crippen molar-refractivity contribution in [3.8, 4) is 0 Å². The summed E-state index contributed by atoms with van der Waals surface area (Å²) in [6.07, 6.45) is 7.32. The molecule has 2 aromatic rings. The maximum atomic E-state index is 11.0. The van der Waals surface area contributed by atoms with E-state index in [-0.39, 0.29) is 0 Å². The molecule has 0 aliphatic heterocycles. The summed E-state index contributed by atoms with van der Waals surface area (Å²) in [5.74, 6) is 0. The lowest BCUT2D eigenvalue weighted by Crippen LogP contribution is -2.38. The van der Waals surface area contributed by atoms with Crippen LogP contribution in [0.3, 0.4) is 0 Å². The zero-order valence-electron chi connectivity index (χ0n) is 11.3. The van der Waals surface area contributed by atoms with Crippen LogP contribution < -0.4 is 5.32 Å². The largest absolute Gasteiger partial charge is 0.385 e. The van der Waals surface area contributed by atoms with E-state index in [1.54, 1.807) is 0 Å². The molecular formula is C16H20N2O. The maximum Gasteiger partial charge on any atom is 0.0918 e.